The third-order valence-electron chi connectivity index (χ3n) is 4.26. The maximum absolute atomic E-state index is 12.0. The van der Waals surface area contributed by atoms with Crippen LogP contribution < -0.4 is 0 Å². The summed E-state index contributed by atoms with van der Waals surface area (Å²) in [6.07, 6.45) is 8.13. The van der Waals surface area contributed by atoms with Gasteiger partial charge in [0.1, 0.15) is 12.7 Å². The van der Waals surface area contributed by atoms with E-state index in [0.29, 0.717) is 12.8 Å². The molecule has 0 aromatic rings. The summed E-state index contributed by atoms with van der Waals surface area (Å²) in [6, 6.07) is 0. The fourth-order valence-electron chi connectivity index (χ4n) is 2.44. The maximum atomic E-state index is 12.0. The standard InChI is InChI=1S/C21H39O10P/c1-3-5-7-8-9-10-11-13-20(24)28-16-19(31-21(25)12-6-4-2)17-30-32(26,27)29-15-18(23)14-22/h3,5,18-19,22-23H,4,6-17H2,1-2H3,(H,26,27)/b5-3+/t18-,19+/m1/s1. The first kappa shape index (κ1) is 30.7. The van der Waals surface area contributed by atoms with Crippen molar-refractivity contribution in [2.75, 3.05) is 26.4 Å². The number of aliphatic hydroxyl groups excluding tert-OH is 2. The molecule has 0 aliphatic rings. The molecule has 0 spiro atoms. The summed E-state index contributed by atoms with van der Waals surface area (Å²) in [5.74, 6) is -0.996. The van der Waals surface area contributed by atoms with Crippen molar-refractivity contribution in [3.8, 4) is 0 Å². The first-order valence-corrected chi connectivity index (χ1v) is 12.6. The SMILES string of the molecule is C/C=C/CCCCCCC(=O)OC[C@@H](COP(=O)(O)OC[C@H](O)CO)OC(=O)CCCC. The smallest absolute Gasteiger partial charge is 0.462 e. The van der Waals surface area contributed by atoms with Gasteiger partial charge in [-0.1, -0.05) is 38.3 Å². The Hall–Kier alpha value is -1.29. The lowest BCUT2D eigenvalue weighted by Gasteiger charge is -2.20. The molecule has 1 unspecified atom stereocenters. The van der Waals surface area contributed by atoms with Crippen molar-refractivity contribution < 1.29 is 47.8 Å². The lowest BCUT2D eigenvalue weighted by Crippen LogP contribution is -2.29. The topological polar surface area (TPSA) is 149 Å². The number of esters is 2. The van der Waals surface area contributed by atoms with Crippen LogP contribution in [0.2, 0.25) is 0 Å². The van der Waals surface area contributed by atoms with Crippen molar-refractivity contribution in [3.63, 3.8) is 0 Å². The molecule has 3 atom stereocenters. The highest BCUT2D eigenvalue weighted by atomic mass is 31.2. The van der Waals surface area contributed by atoms with E-state index in [2.05, 4.69) is 10.6 Å². The fourth-order valence-corrected chi connectivity index (χ4v) is 3.23. The number of rotatable bonds is 20. The predicted molar refractivity (Wildman–Crippen MR) is 118 cm³/mol. The molecule has 3 N–H and O–H groups in total. The number of carbonyl (C=O) groups is 2. The van der Waals surface area contributed by atoms with Crippen molar-refractivity contribution in [3.05, 3.63) is 12.2 Å². The van der Waals surface area contributed by atoms with Gasteiger partial charge < -0.3 is 24.6 Å². The van der Waals surface area contributed by atoms with Crippen LogP contribution in [0.4, 0.5) is 0 Å². The van der Waals surface area contributed by atoms with Gasteiger partial charge in [-0.2, -0.15) is 0 Å². The number of hydrogen-bond acceptors (Lipinski definition) is 9. The van der Waals surface area contributed by atoms with E-state index in [1.165, 1.54) is 0 Å². The van der Waals surface area contributed by atoms with E-state index < -0.39 is 51.8 Å². The molecule has 0 aromatic carbocycles. The molecule has 10 nitrogen and oxygen atoms in total. The van der Waals surface area contributed by atoms with Crippen LogP contribution in [0.25, 0.3) is 0 Å². The Morgan fingerprint density at radius 1 is 0.969 bits per heavy atom. The molecule has 0 radical (unpaired) electrons. The second-order valence-corrected chi connectivity index (χ2v) is 8.77. The van der Waals surface area contributed by atoms with Gasteiger partial charge in [-0.3, -0.25) is 18.6 Å². The largest absolute Gasteiger partial charge is 0.472 e. The first-order chi connectivity index (χ1) is 15.2. The van der Waals surface area contributed by atoms with E-state index in [0.717, 1.165) is 32.1 Å². The van der Waals surface area contributed by atoms with Crippen LogP contribution in [0.3, 0.4) is 0 Å². The minimum absolute atomic E-state index is 0.157. The van der Waals surface area contributed by atoms with E-state index in [-0.39, 0.29) is 19.4 Å². The Kier molecular flexibility index (Phi) is 18.4. The Bertz CT molecular complexity index is 581. The summed E-state index contributed by atoms with van der Waals surface area (Å²) in [5.41, 5.74) is 0. The van der Waals surface area contributed by atoms with E-state index >= 15 is 0 Å². The lowest BCUT2D eigenvalue weighted by atomic mass is 10.1. The van der Waals surface area contributed by atoms with E-state index in [1.54, 1.807) is 0 Å². The highest BCUT2D eigenvalue weighted by molar-refractivity contribution is 7.47. The summed E-state index contributed by atoms with van der Waals surface area (Å²) in [6.45, 7) is 1.76. The molecule has 0 aliphatic heterocycles. The Morgan fingerprint density at radius 3 is 2.28 bits per heavy atom. The van der Waals surface area contributed by atoms with Crippen LogP contribution in [-0.2, 0) is 32.7 Å². The van der Waals surface area contributed by atoms with Crippen LogP contribution >= 0.6 is 7.82 Å². The second kappa shape index (κ2) is 19.2. The predicted octanol–water partition coefficient (Wildman–Crippen LogP) is 3.04. The summed E-state index contributed by atoms with van der Waals surface area (Å²) in [5, 5.41) is 17.9. The van der Waals surface area contributed by atoms with Gasteiger partial charge >= 0.3 is 19.8 Å². The van der Waals surface area contributed by atoms with Crippen LogP contribution in [0.5, 0.6) is 0 Å². The monoisotopic (exact) mass is 482 g/mol. The number of unbranched alkanes of at least 4 members (excludes halogenated alkanes) is 5. The molecule has 0 amide bonds. The summed E-state index contributed by atoms with van der Waals surface area (Å²) in [7, 11) is -4.57. The number of aliphatic hydroxyl groups is 2. The molecule has 32 heavy (non-hydrogen) atoms. The zero-order valence-electron chi connectivity index (χ0n) is 19.1. The quantitative estimate of drug-likeness (QED) is 0.102. The Labute approximate surface area is 190 Å². The molecule has 0 saturated carbocycles. The van der Waals surface area contributed by atoms with Gasteiger partial charge in [0.25, 0.3) is 0 Å². The second-order valence-electron chi connectivity index (χ2n) is 7.32. The van der Waals surface area contributed by atoms with Crippen molar-refractivity contribution in [1.29, 1.82) is 0 Å². The number of ether oxygens (including phenoxy) is 2. The Morgan fingerprint density at radius 2 is 1.62 bits per heavy atom. The average molecular weight is 483 g/mol. The minimum Gasteiger partial charge on any atom is -0.462 e. The molecule has 0 fully saturated rings. The van der Waals surface area contributed by atoms with E-state index in [4.69, 9.17) is 19.1 Å². The van der Waals surface area contributed by atoms with Crippen molar-refractivity contribution in [2.45, 2.75) is 83.8 Å². The van der Waals surface area contributed by atoms with Gasteiger partial charge in [-0.25, -0.2) is 4.57 Å². The number of phosphoric acid groups is 1. The van der Waals surface area contributed by atoms with Gasteiger partial charge in [-0.15, -0.1) is 0 Å². The zero-order valence-corrected chi connectivity index (χ0v) is 20.0. The Balaban J connectivity index is 4.48. The van der Waals surface area contributed by atoms with E-state index in [1.807, 2.05) is 19.9 Å². The average Bonchev–Trinajstić information content (AvgIpc) is 2.77. The van der Waals surface area contributed by atoms with E-state index in [9.17, 15) is 24.2 Å². The maximum Gasteiger partial charge on any atom is 0.472 e. The summed E-state index contributed by atoms with van der Waals surface area (Å²) in [4.78, 5) is 33.5. The van der Waals surface area contributed by atoms with Gasteiger partial charge in [-0.05, 0) is 32.6 Å². The molecule has 0 aromatic heterocycles. The highest BCUT2D eigenvalue weighted by Gasteiger charge is 2.27. The normalized spacial score (nSPS) is 15.3. The molecule has 0 rings (SSSR count). The van der Waals surface area contributed by atoms with Gasteiger partial charge in [0.15, 0.2) is 6.10 Å². The van der Waals surface area contributed by atoms with Crippen molar-refractivity contribution >= 4 is 19.8 Å². The molecule has 188 valence electrons. The zero-order chi connectivity index (χ0) is 24.2. The first-order valence-electron chi connectivity index (χ1n) is 11.1. The van der Waals surface area contributed by atoms with Crippen LogP contribution in [0.15, 0.2) is 12.2 Å². The van der Waals surface area contributed by atoms with Crippen molar-refractivity contribution in [1.82, 2.24) is 0 Å². The molecule has 0 aliphatic carbocycles. The molecule has 0 heterocycles. The van der Waals surface area contributed by atoms with Gasteiger partial charge in [0.2, 0.25) is 0 Å². The number of allylic oxidation sites excluding steroid dienone is 2. The fraction of sp³-hybridized carbons (Fsp3) is 0.810. The lowest BCUT2D eigenvalue weighted by molar-refractivity contribution is -0.161. The summed E-state index contributed by atoms with van der Waals surface area (Å²) < 4.78 is 31.6. The van der Waals surface area contributed by atoms with Crippen LogP contribution in [0.1, 0.15) is 71.6 Å². The highest BCUT2D eigenvalue weighted by Crippen LogP contribution is 2.43. The molecular weight excluding hydrogens is 443 g/mol. The number of carbonyl (C=O) groups excluding carboxylic acids is 2. The number of phosphoric ester groups is 1. The van der Waals surface area contributed by atoms with Gasteiger partial charge in [0, 0.05) is 12.8 Å². The summed E-state index contributed by atoms with van der Waals surface area (Å²) >= 11 is 0. The third kappa shape index (κ3) is 18.3. The van der Waals surface area contributed by atoms with Crippen LogP contribution in [-0.4, -0.2) is 65.7 Å². The van der Waals surface area contributed by atoms with Gasteiger partial charge in [0.05, 0.1) is 19.8 Å². The third-order valence-corrected chi connectivity index (χ3v) is 5.22. The van der Waals surface area contributed by atoms with Crippen molar-refractivity contribution in [2.24, 2.45) is 0 Å². The molecule has 11 heteroatoms. The molecule has 0 saturated heterocycles. The minimum atomic E-state index is -4.57. The molecular formula is C21H39O10P. The number of hydrogen-bond donors (Lipinski definition) is 3. The van der Waals surface area contributed by atoms with Crippen LogP contribution in [0, 0.1) is 0 Å². The molecule has 0 bridgehead atoms.